The first-order chi connectivity index (χ1) is 14.6. The molecule has 0 bridgehead atoms. The van der Waals surface area contributed by atoms with E-state index in [0.717, 1.165) is 5.56 Å². The van der Waals surface area contributed by atoms with Crippen LogP contribution >= 0.6 is 11.6 Å². The molecule has 0 saturated carbocycles. The molecule has 1 atom stereocenters. The fourth-order valence-corrected chi connectivity index (χ4v) is 4.00. The first-order valence-corrected chi connectivity index (χ1v) is 9.94. The number of fused-ring (bicyclic) bond motifs is 1. The molecule has 3 heterocycles. The van der Waals surface area contributed by atoms with Crippen LogP contribution in [0.15, 0.2) is 34.4 Å². The Morgan fingerprint density at radius 1 is 1.29 bits per heavy atom. The summed E-state index contributed by atoms with van der Waals surface area (Å²) in [6.45, 7) is 2.52. The van der Waals surface area contributed by atoms with E-state index in [1.807, 2.05) is 18.9 Å². The molecular weight excluding hydrogens is 431 g/mol. The highest BCUT2D eigenvalue weighted by Gasteiger charge is 2.57. The number of nitrogens with one attached hydrogen (secondary N) is 1. The van der Waals surface area contributed by atoms with Crippen LogP contribution < -0.4 is 5.32 Å². The van der Waals surface area contributed by atoms with Crippen LogP contribution in [0.5, 0.6) is 0 Å². The van der Waals surface area contributed by atoms with Crippen molar-refractivity contribution in [3.05, 3.63) is 57.6 Å². The van der Waals surface area contributed by atoms with Gasteiger partial charge in [-0.05, 0) is 37.6 Å². The quantitative estimate of drug-likeness (QED) is 0.744. The maximum Gasteiger partial charge on any atom is 0.307 e. The Bertz CT molecular complexity index is 1120. The van der Waals surface area contributed by atoms with Gasteiger partial charge in [-0.2, -0.15) is 8.78 Å². The molecule has 2 aliphatic rings. The van der Waals surface area contributed by atoms with Gasteiger partial charge in [0.05, 0.1) is 10.7 Å². The Labute approximate surface area is 182 Å². The molecular formula is C21H21ClF3N5O. The highest BCUT2D eigenvalue weighted by Crippen LogP contribution is 2.43. The number of aromatic nitrogens is 1. The summed E-state index contributed by atoms with van der Waals surface area (Å²) < 4.78 is 49.8. The number of ether oxygens (including phenoxy) is 1. The topological polar surface area (TPSA) is 62.1 Å². The third-order valence-corrected chi connectivity index (χ3v) is 5.85. The van der Waals surface area contributed by atoms with Crippen molar-refractivity contribution in [2.24, 2.45) is 9.98 Å². The predicted octanol–water partition coefficient (Wildman–Crippen LogP) is 4.16. The van der Waals surface area contributed by atoms with Gasteiger partial charge in [0.15, 0.2) is 12.4 Å². The lowest BCUT2D eigenvalue weighted by Gasteiger charge is -2.43. The van der Waals surface area contributed by atoms with E-state index >= 15 is 4.39 Å². The third kappa shape index (κ3) is 3.50. The summed E-state index contributed by atoms with van der Waals surface area (Å²) >= 11 is 6.01. The van der Waals surface area contributed by atoms with E-state index in [-0.39, 0.29) is 11.6 Å². The molecule has 2 aromatic rings. The molecule has 31 heavy (non-hydrogen) atoms. The molecule has 6 nitrogen and oxygen atoms in total. The summed E-state index contributed by atoms with van der Waals surface area (Å²) in [7, 11) is 3.21. The van der Waals surface area contributed by atoms with Gasteiger partial charge in [0.1, 0.15) is 17.1 Å². The largest absolute Gasteiger partial charge is 0.459 e. The summed E-state index contributed by atoms with van der Waals surface area (Å²) in [6, 6.07) is 4.31. The molecule has 0 radical (unpaired) electrons. The van der Waals surface area contributed by atoms with Crippen LogP contribution in [0.4, 0.5) is 18.9 Å². The van der Waals surface area contributed by atoms with Crippen molar-refractivity contribution in [2.45, 2.75) is 31.9 Å². The lowest BCUT2D eigenvalue weighted by Crippen LogP contribution is -2.63. The van der Waals surface area contributed by atoms with Crippen molar-refractivity contribution in [2.75, 3.05) is 20.7 Å². The molecule has 1 unspecified atom stereocenters. The van der Waals surface area contributed by atoms with Gasteiger partial charge in [0.2, 0.25) is 0 Å². The lowest BCUT2D eigenvalue weighted by molar-refractivity contribution is -0.133. The Hall–Kier alpha value is -2.81. The number of pyridine rings is 1. The molecule has 1 aromatic carbocycles. The number of aliphatic imine (C=N–C) groups is 2. The second-order valence-electron chi connectivity index (χ2n) is 7.84. The molecule has 2 aliphatic heterocycles. The summed E-state index contributed by atoms with van der Waals surface area (Å²) in [5, 5.41) is 3.05. The van der Waals surface area contributed by atoms with Gasteiger partial charge in [-0.15, -0.1) is 0 Å². The molecule has 1 saturated heterocycles. The molecule has 0 amide bonds. The van der Waals surface area contributed by atoms with Crippen LogP contribution in [0.3, 0.4) is 0 Å². The zero-order valence-corrected chi connectivity index (χ0v) is 18.2. The highest BCUT2D eigenvalue weighted by molar-refractivity contribution is 6.30. The number of amidine groups is 2. The van der Waals surface area contributed by atoms with Gasteiger partial charge in [-0.3, -0.25) is 4.98 Å². The van der Waals surface area contributed by atoms with Crippen LogP contribution in [0, 0.1) is 12.7 Å². The van der Waals surface area contributed by atoms with E-state index in [2.05, 4.69) is 20.3 Å². The summed E-state index contributed by atoms with van der Waals surface area (Å²) in [6.07, 6.45) is 1.52. The molecule has 0 spiro atoms. The van der Waals surface area contributed by atoms with Gasteiger partial charge in [-0.1, -0.05) is 11.6 Å². The van der Waals surface area contributed by atoms with E-state index < -0.39 is 23.9 Å². The van der Waals surface area contributed by atoms with Crippen LogP contribution in [0.1, 0.15) is 29.3 Å². The second-order valence-corrected chi connectivity index (χ2v) is 8.28. The number of halogens is 4. The lowest BCUT2D eigenvalue weighted by atomic mass is 9.83. The smallest absolute Gasteiger partial charge is 0.307 e. The average Bonchev–Trinajstić information content (AvgIpc) is 2.69. The number of hydrogen-bond acceptors (Lipinski definition) is 5. The number of benzene rings is 1. The van der Waals surface area contributed by atoms with E-state index in [1.165, 1.54) is 32.3 Å². The maximum absolute atomic E-state index is 15.1. The average molecular weight is 452 g/mol. The van der Waals surface area contributed by atoms with Crippen molar-refractivity contribution < 1.29 is 17.9 Å². The Morgan fingerprint density at radius 3 is 2.71 bits per heavy atom. The van der Waals surface area contributed by atoms with Crippen molar-refractivity contribution in [3.63, 3.8) is 0 Å². The van der Waals surface area contributed by atoms with Crippen molar-refractivity contribution >= 4 is 29.1 Å². The molecule has 4 rings (SSSR count). The molecule has 1 aromatic heterocycles. The molecule has 1 N–H and O–H groups in total. The minimum atomic E-state index is -3.39. The van der Waals surface area contributed by atoms with Crippen molar-refractivity contribution in [3.8, 4) is 0 Å². The normalized spacial score (nSPS) is 23.7. The van der Waals surface area contributed by atoms with Gasteiger partial charge in [-0.25, -0.2) is 14.4 Å². The first-order valence-electron chi connectivity index (χ1n) is 9.56. The minimum Gasteiger partial charge on any atom is -0.459 e. The van der Waals surface area contributed by atoms with E-state index in [0.29, 0.717) is 34.3 Å². The molecule has 0 aliphatic carbocycles. The minimum absolute atomic E-state index is 0.0736. The standard InChI is InChI=1S/C21H21ClF3N5O/c1-11-5-13(22)8-27-17(11)18-28-16-7-14(15(23)6-12(16)9-30(18)4)20(2)21(24,25)10-31-19(26-3)29-20/h5-8H,9-10H2,1-4H3,(H,26,29). The van der Waals surface area contributed by atoms with Crippen LogP contribution in [0.2, 0.25) is 5.02 Å². The number of alkyl halides is 2. The third-order valence-electron chi connectivity index (χ3n) is 5.64. The Balaban J connectivity index is 1.85. The first kappa shape index (κ1) is 21.4. The van der Waals surface area contributed by atoms with E-state index in [9.17, 15) is 8.78 Å². The van der Waals surface area contributed by atoms with Gasteiger partial charge in [0.25, 0.3) is 6.02 Å². The van der Waals surface area contributed by atoms with Gasteiger partial charge < -0.3 is 15.0 Å². The summed E-state index contributed by atoms with van der Waals surface area (Å²) in [5.41, 5.74) is 0.145. The number of aryl methyl sites for hydroxylation is 1. The summed E-state index contributed by atoms with van der Waals surface area (Å²) in [4.78, 5) is 14.6. The van der Waals surface area contributed by atoms with Gasteiger partial charge in [0, 0.05) is 38.0 Å². The monoisotopic (exact) mass is 451 g/mol. The Kier molecular flexibility index (Phi) is 5.12. The van der Waals surface area contributed by atoms with Crippen LogP contribution in [-0.4, -0.2) is 48.4 Å². The molecule has 164 valence electrons. The Morgan fingerprint density at radius 2 is 2.03 bits per heavy atom. The number of nitrogens with zero attached hydrogens (tertiary/aromatic N) is 4. The van der Waals surface area contributed by atoms with Gasteiger partial charge >= 0.3 is 5.92 Å². The van der Waals surface area contributed by atoms with Crippen LogP contribution in [-0.2, 0) is 16.8 Å². The fourth-order valence-electron chi connectivity index (χ4n) is 3.78. The fraction of sp³-hybridized carbons (Fsp3) is 0.381. The number of hydrogen-bond donors (Lipinski definition) is 1. The zero-order valence-electron chi connectivity index (χ0n) is 17.4. The highest BCUT2D eigenvalue weighted by atomic mass is 35.5. The van der Waals surface area contributed by atoms with Crippen LogP contribution in [0.25, 0.3) is 0 Å². The number of rotatable bonds is 2. The predicted molar refractivity (Wildman–Crippen MR) is 113 cm³/mol. The van der Waals surface area contributed by atoms with E-state index in [4.69, 9.17) is 16.3 Å². The second kappa shape index (κ2) is 7.40. The summed E-state index contributed by atoms with van der Waals surface area (Å²) in [5.74, 6) is -3.59. The van der Waals surface area contributed by atoms with E-state index in [1.54, 1.807) is 6.07 Å². The zero-order chi connectivity index (χ0) is 22.6. The molecule has 10 heteroatoms. The maximum atomic E-state index is 15.1. The SMILES string of the molecule is CN=C1NC(C)(c2cc3c(cc2F)CN(C)C(c2ncc(Cl)cc2C)=N3)C(F)(F)CO1. The van der Waals surface area contributed by atoms with Crippen molar-refractivity contribution in [1.82, 2.24) is 15.2 Å². The van der Waals surface area contributed by atoms with Crippen molar-refractivity contribution in [1.29, 1.82) is 0 Å². The molecule has 1 fully saturated rings.